The van der Waals surface area contributed by atoms with Crippen LogP contribution in [-0.4, -0.2) is 35.6 Å². The van der Waals surface area contributed by atoms with Crippen molar-refractivity contribution in [2.24, 2.45) is 0 Å². The first-order chi connectivity index (χ1) is 4.93. The van der Waals surface area contributed by atoms with Gasteiger partial charge >= 0.3 is 0 Å². The molecular weight excluding hydrogens is 168 g/mol. The van der Waals surface area contributed by atoms with E-state index in [0.29, 0.717) is 18.3 Å². The lowest BCUT2D eigenvalue weighted by atomic mass is 10.5. The van der Waals surface area contributed by atoms with Gasteiger partial charge in [0.05, 0.1) is 0 Å². The first-order valence-corrected chi connectivity index (χ1v) is 5.38. The maximum atomic E-state index is 9.81. The minimum absolute atomic E-state index is 0.528. The minimum atomic E-state index is 0.528. The Bertz CT molecular complexity index is 102. The Morgan fingerprint density at radius 3 is 3.10 bits per heavy atom. The number of thioether (sulfide) groups is 2. The van der Waals surface area contributed by atoms with Crippen LogP contribution in [0.5, 0.6) is 0 Å². The number of hydrogen-bond donors (Lipinski definition) is 0. The first-order valence-electron chi connectivity index (χ1n) is 3.18. The Kier molecular flexibility index (Phi) is 4.06. The van der Waals surface area contributed by atoms with Gasteiger partial charge in [0.2, 0.25) is 0 Å². The molecule has 1 rings (SSSR count). The first kappa shape index (κ1) is 8.27. The highest BCUT2D eigenvalue weighted by molar-refractivity contribution is 8.06. The van der Waals surface area contributed by atoms with Crippen LogP contribution in [0.4, 0.5) is 0 Å². The molecule has 0 aromatic rings. The van der Waals surface area contributed by atoms with Crippen molar-refractivity contribution in [1.82, 2.24) is 0 Å². The van der Waals surface area contributed by atoms with E-state index in [0.717, 1.165) is 5.75 Å². The molecule has 0 spiro atoms. The average Bonchev–Trinajstić information content (AvgIpc) is 2.03. The molecule has 1 aliphatic heterocycles. The molecule has 2 nitrogen and oxygen atoms in total. The number of hydrogen-bond acceptors (Lipinski definition) is 4. The largest absolute Gasteiger partial charge is 0.467 e. The molecule has 10 heavy (non-hydrogen) atoms. The van der Waals surface area contributed by atoms with Gasteiger partial charge in [-0.15, -0.1) is 0 Å². The van der Waals surface area contributed by atoms with Gasteiger partial charge in [0.15, 0.2) is 0 Å². The van der Waals surface area contributed by atoms with Crippen LogP contribution >= 0.6 is 23.5 Å². The molecule has 0 radical (unpaired) electrons. The number of ether oxygens (including phenoxy) is 1. The van der Waals surface area contributed by atoms with Crippen LogP contribution < -0.4 is 0 Å². The van der Waals surface area contributed by atoms with Gasteiger partial charge in [0.25, 0.3) is 6.47 Å². The Labute approximate surface area is 69.1 Å². The Morgan fingerprint density at radius 2 is 2.50 bits per heavy atom. The molecular formula is C6H10O2S2. The van der Waals surface area contributed by atoms with Crippen LogP contribution in [0.15, 0.2) is 0 Å². The summed E-state index contributed by atoms with van der Waals surface area (Å²) in [6.07, 6.45) is 0. The van der Waals surface area contributed by atoms with Crippen molar-refractivity contribution in [3.05, 3.63) is 0 Å². The SMILES string of the molecule is O=COCC1CSCCS1. The maximum Gasteiger partial charge on any atom is 0.293 e. The molecule has 1 unspecified atom stereocenters. The summed E-state index contributed by atoms with van der Waals surface area (Å²) in [6.45, 7) is 1.11. The summed E-state index contributed by atoms with van der Waals surface area (Å²) < 4.78 is 4.66. The van der Waals surface area contributed by atoms with Gasteiger partial charge in [-0.05, 0) is 0 Å². The van der Waals surface area contributed by atoms with Gasteiger partial charge in [0.1, 0.15) is 6.61 Å². The quantitative estimate of drug-likeness (QED) is 0.602. The van der Waals surface area contributed by atoms with Crippen molar-refractivity contribution >= 4 is 30.0 Å². The molecule has 0 bridgehead atoms. The van der Waals surface area contributed by atoms with E-state index < -0.39 is 0 Å². The summed E-state index contributed by atoms with van der Waals surface area (Å²) in [7, 11) is 0. The fourth-order valence-corrected chi connectivity index (χ4v) is 3.34. The molecule has 58 valence electrons. The second-order valence-electron chi connectivity index (χ2n) is 2.00. The van der Waals surface area contributed by atoms with Gasteiger partial charge in [-0.3, -0.25) is 4.79 Å². The molecule has 1 fully saturated rings. The molecule has 1 atom stereocenters. The molecule has 0 aromatic heterocycles. The second kappa shape index (κ2) is 4.91. The third-order valence-corrected chi connectivity index (χ3v) is 4.05. The smallest absolute Gasteiger partial charge is 0.293 e. The molecule has 0 N–H and O–H groups in total. The van der Waals surface area contributed by atoms with E-state index in [4.69, 9.17) is 0 Å². The highest BCUT2D eigenvalue weighted by Crippen LogP contribution is 2.23. The van der Waals surface area contributed by atoms with E-state index in [-0.39, 0.29) is 0 Å². The second-order valence-corrected chi connectivity index (χ2v) is 4.56. The predicted octanol–water partition coefficient (Wildman–Crippen LogP) is 1.01. The maximum absolute atomic E-state index is 9.81. The van der Waals surface area contributed by atoms with E-state index in [1.165, 1.54) is 11.5 Å². The van der Waals surface area contributed by atoms with Crippen LogP contribution in [0.3, 0.4) is 0 Å². The van der Waals surface area contributed by atoms with E-state index >= 15 is 0 Å². The lowest BCUT2D eigenvalue weighted by Gasteiger charge is -2.19. The summed E-state index contributed by atoms with van der Waals surface area (Å²) >= 11 is 3.84. The lowest BCUT2D eigenvalue weighted by Crippen LogP contribution is -2.19. The lowest BCUT2D eigenvalue weighted by molar-refractivity contribution is -0.128. The third kappa shape index (κ3) is 2.84. The molecule has 0 aliphatic carbocycles. The number of rotatable bonds is 3. The van der Waals surface area contributed by atoms with Crippen molar-refractivity contribution in [3.8, 4) is 0 Å². The van der Waals surface area contributed by atoms with Crippen LogP contribution in [0.2, 0.25) is 0 Å². The predicted molar refractivity (Wildman–Crippen MR) is 45.6 cm³/mol. The summed E-state index contributed by atoms with van der Waals surface area (Å²) in [5.41, 5.74) is 0. The van der Waals surface area contributed by atoms with Crippen molar-refractivity contribution in [3.63, 3.8) is 0 Å². The monoisotopic (exact) mass is 178 g/mol. The standard InChI is InChI=1S/C6H10O2S2/c7-5-8-3-6-4-9-1-2-10-6/h5-6H,1-4H2. The molecule has 1 saturated heterocycles. The van der Waals surface area contributed by atoms with Crippen LogP contribution in [0, 0.1) is 0 Å². The topological polar surface area (TPSA) is 26.3 Å². The normalized spacial score (nSPS) is 25.8. The number of carbonyl (C=O) groups is 1. The molecule has 0 saturated carbocycles. The highest BCUT2D eigenvalue weighted by Gasteiger charge is 2.13. The van der Waals surface area contributed by atoms with E-state index in [2.05, 4.69) is 4.74 Å². The van der Waals surface area contributed by atoms with Gasteiger partial charge in [0, 0.05) is 22.5 Å². The van der Waals surface area contributed by atoms with E-state index in [9.17, 15) is 4.79 Å². The van der Waals surface area contributed by atoms with Crippen molar-refractivity contribution in [2.45, 2.75) is 5.25 Å². The van der Waals surface area contributed by atoms with Crippen molar-refractivity contribution in [2.75, 3.05) is 23.9 Å². The van der Waals surface area contributed by atoms with E-state index in [1.54, 1.807) is 0 Å². The third-order valence-electron chi connectivity index (χ3n) is 1.24. The highest BCUT2D eigenvalue weighted by atomic mass is 32.2. The zero-order chi connectivity index (χ0) is 7.23. The van der Waals surface area contributed by atoms with Gasteiger partial charge in [-0.1, -0.05) is 0 Å². The Balaban J connectivity index is 2.07. The van der Waals surface area contributed by atoms with Crippen LogP contribution in [-0.2, 0) is 9.53 Å². The van der Waals surface area contributed by atoms with Crippen molar-refractivity contribution < 1.29 is 9.53 Å². The molecule has 0 aromatic carbocycles. The van der Waals surface area contributed by atoms with Gasteiger partial charge < -0.3 is 4.74 Å². The number of carbonyl (C=O) groups excluding carboxylic acids is 1. The van der Waals surface area contributed by atoms with Gasteiger partial charge in [-0.2, -0.15) is 23.5 Å². The van der Waals surface area contributed by atoms with Crippen LogP contribution in [0.25, 0.3) is 0 Å². The van der Waals surface area contributed by atoms with Gasteiger partial charge in [-0.25, -0.2) is 0 Å². The zero-order valence-electron chi connectivity index (χ0n) is 5.62. The summed E-state index contributed by atoms with van der Waals surface area (Å²) in [5, 5.41) is 0.531. The van der Waals surface area contributed by atoms with Crippen molar-refractivity contribution in [1.29, 1.82) is 0 Å². The fraction of sp³-hybridized carbons (Fsp3) is 0.833. The van der Waals surface area contributed by atoms with Crippen LogP contribution in [0.1, 0.15) is 0 Å². The summed E-state index contributed by atoms with van der Waals surface area (Å²) in [5.74, 6) is 3.55. The molecule has 0 amide bonds. The average molecular weight is 178 g/mol. The minimum Gasteiger partial charge on any atom is -0.467 e. The summed E-state index contributed by atoms with van der Waals surface area (Å²) in [6, 6.07) is 0. The Hall–Kier alpha value is 0.170. The van der Waals surface area contributed by atoms with E-state index in [1.807, 2.05) is 23.5 Å². The molecule has 1 heterocycles. The molecule has 4 heteroatoms. The fourth-order valence-electron chi connectivity index (χ4n) is 0.779. The molecule has 1 aliphatic rings. The Morgan fingerprint density at radius 1 is 1.60 bits per heavy atom. The zero-order valence-corrected chi connectivity index (χ0v) is 7.25. The summed E-state index contributed by atoms with van der Waals surface area (Å²) in [4.78, 5) is 9.81.